The van der Waals surface area contributed by atoms with Crippen LogP contribution in [-0.4, -0.2) is 30.2 Å². The Kier molecular flexibility index (Phi) is 3.89. The van der Waals surface area contributed by atoms with Crippen molar-refractivity contribution in [1.82, 2.24) is 0 Å². The number of anilines is 1. The Hall–Kier alpha value is -3.02. The van der Waals surface area contributed by atoms with E-state index in [2.05, 4.69) is 5.32 Å². The molecule has 0 saturated carbocycles. The maximum Gasteiger partial charge on any atom is 0.337 e. The Morgan fingerprint density at radius 3 is 2.35 bits per heavy atom. The van der Waals surface area contributed by atoms with Crippen LogP contribution in [0.4, 0.5) is 5.69 Å². The van der Waals surface area contributed by atoms with Crippen LogP contribution in [-0.2, 0) is 0 Å². The van der Waals surface area contributed by atoms with E-state index in [9.17, 15) is 14.7 Å². The summed E-state index contributed by atoms with van der Waals surface area (Å²) in [5.41, 5.74) is 1.42. The van der Waals surface area contributed by atoms with Crippen LogP contribution in [0.5, 0.6) is 11.5 Å². The van der Waals surface area contributed by atoms with Crippen LogP contribution < -0.4 is 14.8 Å². The lowest BCUT2D eigenvalue weighted by Crippen LogP contribution is -2.19. The molecule has 0 atom stereocenters. The van der Waals surface area contributed by atoms with E-state index in [1.54, 1.807) is 12.1 Å². The molecule has 0 unspecified atom stereocenters. The number of aromatic carboxylic acids is 1. The Balaban J connectivity index is 1.97. The van der Waals surface area contributed by atoms with Crippen molar-refractivity contribution < 1.29 is 24.2 Å². The highest BCUT2D eigenvalue weighted by atomic mass is 16.6. The van der Waals surface area contributed by atoms with Crippen molar-refractivity contribution >= 4 is 17.6 Å². The number of benzene rings is 2. The van der Waals surface area contributed by atoms with Gasteiger partial charge in [0, 0.05) is 17.7 Å². The minimum Gasteiger partial charge on any atom is -0.486 e. The molecular weight excluding hydrogens is 298 g/mol. The quantitative estimate of drug-likeness (QED) is 0.910. The molecule has 1 aliphatic heterocycles. The lowest BCUT2D eigenvalue weighted by molar-refractivity contribution is 0.0697. The standard InChI is InChI=1S/C17H15NO5/c1-10-4-2-3-5-11(10)16(19)18-13-9-15-14(22-6-7-23-15)8-12(13)17(20)21/h2-5,8-9H,6-7H2,1H3,(H,18,19)(H,20,21). The van der Waals surface area contributed by atoms with Gasteiger partial charge in [0.1, 0.15) is 13.2 Å². The van der Waals surface area contributed by atoms with Crippen molar-refractivity contribution in [1.29, 1.82) is 0 Å². The fraction of sp³-hybridized carbons (Fsp3) is 0.176. The zero-order chi connectivity index (χ0) is 16.4. The van der Waals surface area contributed by atoms with Crippen molar-refractivity contribution in [2.75, 3.05) is 18.5 Å². The van der Waals surface area contributed by atoms with Gasteiger partial charge in [0.15, 0.2) is 11.5 Å². The molecule has 0 spiro atoms. The number of amides is 1. The predicted molar refractivity (Wildman–Crippen MR) is 83.5 cm³/mol. The molecule has 0 bridgehead atoms. The smallest absolute Gasteiger partial charge is 0.337 e. The molecule has 1 aliphatic rings. The highest BCUT2D eigenvalue weighted by Gasteiger charge is 2.21. The van der Waals surface area contributed by atoms with E-state index in [-0.39, 0.29) is 17.2 Å². The zero-order valence-electron chi connectivity index (χ0n) is 12.5. The number of carboxylic acid groups (broad SMARTS) is 1. The Morgan fingerprint density at radius 1 is 1.04 bits per heavy atom. The Labute approximate surface area is 132 Å². The number of carboxylic acids is 1. The van der Waals surface area contributed by atoms with Gasteiger partial charge in [-0.05, 0) is 18.6 Å². The number of carbonyl (C=O) groups excluding carboxylic acids is 1. The summed E-state index contributed by atoms with van der Waals surface area (Å²) in [6, 6.07) is 9.93. The molecule has 118 valence electrons. The third kappa shape index (κ3) is 2.96. The van der Waals surface area contributed by atoms with Gasteiger partial charge in [-0.2, -0.15) is 0 Å². The number of ether oxygens (including phenoxy) is 2. The largest absolute Gasteiger partial charge is 0.486 e. The molecule has 1 amide bonds. The number of hydrogen-bond acceptors (Lipinski definition) is 4. The van der Waals surface area contributed by atoms with Crippen molar-refractivity contribution in [2.45, 2.75) is 6.92 Å². The molecule has 0 aromatic heterocycles. The molecule has 0 saturated heterocycles. The van der Waals surface area contributed by atoms with Gasteiger partial charge in [-0.15, -0.1) is 0 Å². The SMILES string of the molecule is Cc1ccccc1C(=O)Nc1cc2c(cc1C(=O)O)OCCO2. The Bertz CT molecular complexity index is 785. The van der Waals surface area contributed by atoms with E-state index in [4.69, 9.17) is 9.47 Å². The second-order valence-electron chi connectivity index (χ2n) is 5.12. The molecular formula is C17H15NO5. The van der Waals surface area contributed by atoms with Gasteiger partial charge < -0.3 is 19.9 Å². The lowest BCUT2D eigenvalue weighted by atomic mass is 10.1. The van der Waals surface area contributed by atoms with Crippen LogP contribution in [0, 0.1) is 6.92 Å². The summed E-state index contributed by atoms with van der Waals surface area (Å²) in [4.78, 5) is 23.8. The van der Waals surface area contributed by atoms with Crippen LogP contribution in [0.2, 0.25) is 0 Å². The van der Waals surface area contributed by atoms with Crippen molar-refractivity contribution in [3.05, 3.63) is 53.1 Å². The van der Waals surface area contributed by atoms with Crippen molar-refractivity contribution in [2.24, 2.45) is 0 Å². The molecule has 3 rings (SSSR count). The van der Waals surface area contributed by atoms with Gasteiger partial charge in [0.2, 0.25) is 0 Å². The molecule has 0 fully saturated rings. The normalized spacial score (nSPS) is 12.6. The predicted octanol–water partition coefficient (Wildman–Crippen LogP) is 2.72. The van der Waals surface area contributed by atoms with E-state index < -0.39 is 5.97 Å². The van der Waals surface area contributed by atoms with E-state index in [0.29, 0.717) is 30.3 Å². The first-order chi connectivity index (χ1) is 11.1. The number of carbonyl (C=O) groups is 2. The minimum absolute atomic E-state index is 0.0452. The zero-order valence-corrected chi connectivity index (χ0v) is 12.5. The summed E-state index contributed by atoms with van der Waals surface area (Å²) < 4.78 is 10.8. The number of fused-ring (bicyclic) bond motifs is 1. The number of nitrogens with one attached hydrogen (secondary N) is 1. The van der Waals surface area contributed by atoms with Gasteiger partial charge >= 0.3 is 5.97 Å². The fourth-order valence-corrected chi connectivity index (χ4v) is 2.39. The maximum absolute atomic E-state index is 12.4. The highest BCUT2D eigenvalue weighted by Crippen LogP contribution is 2.35. The van der Waals surface area contributed by atoms with Crippen molar-refractivity contribution in [3.63, 3.8) is 0 Å². The van der Waals surface area contributed by atoms with Gasteiger partial charge in [0.05, 0.1) is 11.3 Å². The molecule has 2 aromatic carbocycles. The molecule has 0 radical (unpaired) electrons. The van der Waals surface area contributed by atoms with Gasteiger partial charge in [0.25, 0.3) is 5.91 Å². The first kappa shape index (κ1) is 14.9. The molecule has 0 aliphatic carbocycles. The summed E-state index contributed by atoms with van der Waals surface area (Å²) in [6.45, 7) is 2.56. The van der Waals surface area contributed by atoms with E-state index in [1.165, 1.54) is 12.1 Å². The second-order valence-corrected chi connectivity index (χ2v) is 5.12. The highest BCUT2D eigenvalue weighted by molar-refractivity contribution is 6.08. The van der Waals surface area contributed by atoms with E-state index in [0.717, 1.165) is 5.56 Å². The number of hydrogen-bond donors (Lipinski definition) is 2. The summed E-state index contributed by atoms with van der Waals surface area (Å²) in [7, 11) is 0. The monoisotopic (exact) mass is 313 g/mol. The minimum atomic E-state index is -1.15. The second kappa shape index (κ2) is 6.00. The lowest BCUT2D eigenvalue weighted by Gasteiger charge is -2.20. The van der Waals surface area contributed by atoms with E-state index >= 15 is 0 Å². The van der Waals surface area contributed by atoms with Crippen LogP contribution in [0.25, 0.3) is 0 Å². The van der Waals surface area contributed by atoms with Crippen molar-refractivity contribution in [3.8, 4) is 11.5 Å². The molecule has 23 heavy (non-hydrogen) atoms. The van der Waals surface area contributed by atoms with Crippen LogP contribution in [0.1, 0.15) is 26.3 Å². The fourth-order valence-electron chi connectivity index (χ4n) is 2.39. The third-order valence-electron chi connectivity index (χ3n) is 3.55. The van der Waals surface area contributed by atoms with Gasteiger partial charge in [-0.25, -0.2) is 4.79 Å². The molecule has 6 nitrogen and oxygen atoms in total. The van der Waals surface area contributed by atoms with Gasteiger partial charge in [-0.3, -0.25) is 4.79 Å². The Morgan fingerprint density at radius 2 is 1.70 bits per heavy atom. The van der Waals surface area contributed by atoms with Gasteiger partial charge in [-0.1, -0.05) is 18.2 Å². The topological polar surface area (TPSA) is 84.9 Å². The molecule has 2 aromatic rings. The maximum atomic E-state index is 12.4. The average molecular weight is 313 g/mol. The van der Waals surface area contributed by atoms with Crippen LogP contribution in [0.15, 0.2) is 36.4 Å². The molecule has 2 N–H and O–H groups in total. The first-order valence-electron chi connectivity index (χ1n) is 7.10. The third-order valence-corrected chi connectivity index (χ3v) is 3.55. The molecule has 6 heteroatoms. The summed E-state index contributed by atoms with van der Waals surface area (Å²) >= 11 is 0. The number of aryl methyl sites for hydroxylation is 1. The summed E-state index contributed by atoms with van der Waals surface area (Å²) in [5.74, 6) is -0.742. The molecule has 1 heterocycles. The van der Waals surface area contributed by atoms with E-state index in [1.807, 2.05) is 19.1 Å². The first-order valence-corrected chi connectivity index (χ1v) is 7.10. The summed E-state index contributed by atoms with van der Waals surface area (Å²) in [5, 5.41) is 12.0. The number of rotatable bonds is 3. The summed E-state index contributed by atoms with van der Waals surface area (Å²) in [6.07, 6.45) is 0. The average Bonchev–Trinajstić information content (AvgIpc) is 2.54. The van der Waals surface area contributed by atoms with Crippen LogP contribution >= 0.6 is 0 Å². The van der Waals surface area contributed by atoms with Crippen LogP contribution in [0.3, 0.4) is 0 Å².